The summed E-state index contributed by atoms with van der Waals surface area (Å²) in [7, 11) is 1.56. The quantitative estimate of drug-likeness (QED) is 0.719. The van der Waals surface area contributed by atoms with Gasteiger partial charge in [-0.1, -0.05) is 23.7 Å². The van der Waals surface area contributed by atoms with Crippen molar-refractivity contribution in [1.82, 2.24) is 15.2 Å². The summed E-state index contributed by atoms with van der Waals surface area (Å²) in [5.41, 5.74) is 1.76. The maximum Gasteiger partial charge on any atom is 0.249 e. The molecule has 124 valence electrons. The lowest BCUT2D eigenvalue weighted by Gasteiger charge is -2.11. The molecule has 0 amide bonds. The van der Waals surface area contributed by atoms with E-state index in [2.05, 4.69) is 31.9 Å². The van der Waals surface area contributed by atoms with Crippen LogP contribution in [0.2, 0.25) is 5.02 Å². The van der Waals surface area contributed by atoms with E-state index in [0.29, 0.717) is 33.5 Å². The molecule has 0 bridgehead atoms. The number of rotatable bonds is 5. The third-order valence-corrected chi connectivity index (χ3v) is 3.51. The fourth-order valence-corrected chi connectivity index (χ4v) is 2.31. The van der Waals surface area contributed by atoms with Crippen molar-refractivity contribution in [2.45, 2.75) is 0 Å². The normalized spacial score (nSPS) is 9.96. The molecule has 3 aromatic rings. The van der Waals surface area contributed by atoms with Crippen molar-refractivity contribution in [2.24, 2.45) is 0 Å². The Bertz CT molecular complexity index is 940. The molecule has 0 unspecified atom stereocenters. The molecule has 8 heteroatoms. The standard InChI is InChI=1S/C17H13ClN6O/c1-25-15-7-6-12(18)8-14(15)22-17-23-16(10-20-24-17)21-13-5-3-2-4-11(13)9-19/h2-8,10H,1H3,(H2,21,22,23,24). The summed E-state index contributed by atoms with van der Waals surface area (Å²) in [6.07, 6.45) is 1.47. The van der Waals surface area contributed by atoms with Gasteiger partial charge in [-0.05, 0) is 30.3 Å². The Kier molecular flexibility index (Phi) is 4.92. The molecule has 0 saturated carbocycles. The number of nitrogens with one attached hydrogen (secondary N) is 2. The number of anilines is 4. The largest absolute Gasteiger partial charge is 0.495 e. The Morgan fingerprint density at radius 2 is 1.96 bits per heavy atom. The first-order valence-electron chi connectivity index (χ1n) is 7.26. The summed E-state index contributed by atoms with van der Waals surface area (Å²) >= 11 is 6.02. The van der Waals surface area contributed by atoms with E-state index in [1.807, 2.05) is 6.07 Å². The maximum atomic E-state index is 9.15. The SMILES string of the molecule is COc1ccc(Cl)cc1Nc1nncc(Nc2ccccc2C#N)n1. The molecule has 3 rings (SSSR count). The minimum atomic E-state index is 0.264. The molecule has 0 spiro atoms. The van der Waals surface area contributed by atoms with Gasteiger partial charge in [0.1, 0.15) is 11.8 Å². The summed E-state index contributed by atoms with van der Waals surface area (Å²) in [5, 5.41) is 23.6. The van der Waals surface area contributed by atoms with E-state index in [0.717, 1.165) is 0 Å². The van der Waals surface area contributed by atoms with Crippen LogP contribution >= 0.6 is 11.6 Å². The van der Waals surface area contributed by atoms with Crippen molar-refractivity contribution in [1.29, 1.82) is 5.26 Å². The zero-order valence-electron chi connectivity index (χ0n) is 13.2. The van der Waals surface area contributed by atoms with Gasteiger partial charge in [0.05, 0.1) is 30.2 Å². The maximum absolute atomic E-state index is 9.15. The molecule has 0 aliphatic heterocycles. The smallest absolute Gasteiger partial charge is 0.249 e. The average Bonchev–Trinajstić information content (AvgIpc) is 2.63. The number of para-hydroxylation sites is 1. The summed E-state index contributed by atoms with van der Waals surface area (Å²) in [6.45, 7) is 0. The molecule has 1 aromatic heterocycles. The lowest BCUT2D eigenvalue weighted by Crippen LogP contribution is -2.04. The van der Waals surface area contributed by atoms with Crippen LogP contribution in [0, 0.1) is 11.3 Å². The summed E-state index contributed by atoms with van der Waals surface area (Å²) < 4.78 is 5.28. The minimum absolute atomic E-state index is 0.264. The van der Waals surface area contributed by atoms with Gasteiger partial charge in [0.25, 0.3) is 0 Å². The van der Waals surface area contributed by atoms with Gasteiger partial charge in [0.2, 0.25) is 5.95 Å². The average molecular weight is 353 g/mol. The molecule has 2 aromatic carbocycles. The number of aromatic nitrogens is 3. The zero-order valence-corrected chi connectivity index (χ0v) is 13.9. The molecule has 0 aliphatic rings. The van der Waals surface area contributed by atoms with Gasteiger partial charge in [0.15, 0.2) is 5.82 Å². The molecule has 0 radical (unpaired) electrons. The Morgan fingerprint density at radius 1 is 1.12 bits per heavy atom. The monoisotopic (exact) mass is 352 g/mol. The Labute approximate surface area is 149 Å². The van der Waals surface area contributed by atoms with Crippen LogP contribution in [0.15, 0.2) is 48.7 Å². The summed E-state index contributed by atoms with van der Waals surface area (Å²) in [6, 6.07) is 14.4. The Hall–Kier alpha value is -3.37. The van der Waals surface area contributed by atoms with Gasteiger partial charge >= 0.3 is 0 Å². The summed E-state index contributed by atoms with van der Waals surface area (Å²) in [5.74, 6) is 1.31. The number of nitrogens with zero attached hydrogens (tertiary/aromatic N) is 4. The molecule has 25 heavy (non-hydrogen) atoms. The lowest BCUT2D eigenvalue weighted by atomic mass is 10.2. The van der Waals surface area contributed by atoms with Crippen molar-refractivity contribution in [3.63, 3.8) is 0 Å². The van der Waals surface area contributed by atoms with E-state index in [4.69, 9.17) is 21.6 Å². The van der Waals surface area contributed by atoms with Crippen LogP contribution in [0.1, 0.15) is 5.56 Å². The van der Waals surface area contributed by atoms with Crippen LogP contribution in [0.5, 0.6) is 5.75 Å². The van der Waals surface area contributed by atoms with E-state index in [1.165, 1.54) is 6.20 Å². The molecule has 0 fully saturated rings. The number of hydrogen-bond donors (Lipinski definition) is 2. The second-order valence-electron chi connectivity index (χ2n) is 4.92. The molecular weight excluding hydrogens is 340 g/mol. The third kappa shape index (κ3) is 3.94. The fraction of sp³-hybridized carbons (Fsp3) is 0.0588. The number of ether oxygens (including phenoxy) is 1. The molecule has 7 nitrogen and oxygen atoms in total. The predicted octanol–water partition coefficient (Wildman–Crippen LogP) is 3.89. The number of methoxy groups -OCH3 is 1. The highest BCUT2D eigenvalue weighted by Gasteiger charge is 2.08. The van der Waals surface area contributed by atoms with Gasteiger partial charge in [-0.3, -0.25) is 0 Å². The van der Waals surface area contributed by atoms with Crippen LogP contribution in [0.3, 0.4) is 0 Å². The first-order valence-corrected chi connectivity index (χ1v) is 7.64. The topological polar surface area (TPSA) is 95.8 Å². The van der Waals surface area contributed by atoms with E-state index in [9.17, 15) is 0 Å². The van der Waals surface area contributed by atoms with Crippen molar-refractivity contribution in [2.75, 3.05) is 17.7 Å². The van der Waals surface area contributed by atoms with E-state index in [1.54, 1.807) is 43.5 Å². The second-order valence-corrected chi connectivity index (χ2v) is 5.35. The first kappa shape index (κ1) is 16.5. The van der Waals surface area contributed by atoms with E-state index < -0.39 is 0 Å². The molecule has 0 saturated heterocycles. The molecular formula is C17H13ClN6O. The van der Waals surface area contributed by atoms with Crippen molar-refractivity contribution < 1.29 is 4.74 Å². The van der Waals surface area contributed by atoms with Crippen LogP contribution < -0.4 is 15.4 Å². The highest BCUT2D eigenvalue weighted by Crippen LogP contribution is 2.29. The zero-order chi connectivity index (χ0) is 17.6. The fourth-order valence-electron chi connectivity index (χ4n) is 2.14. The highest BCUT2D eigenvalue weighted by molar-refractivity contribution is 6.31. The van der Waals surface area contributed by atoms with Gasteiger partial charge in [-0.15, -0.1) is 5.10 Å². The van der Waals surface area contributed by atoms with Crippen LogP contribution in [0.4, 0.5) is 23.1 Å². The molecule has 2 N–H and O–H groups in total. The first-order chi connectivity index (χ1) is 12.2. The second kappa shape index (κ2) is 7.47. The number of halogens is 1. The van der Waals surface area contributed by atoms with Crippen LogP contribution in [-0.2, 0) is 0 Å². The van der Waals surface area contributed by atoms with E-state index >= 15 is 0 Å². The third-order valence-electron chi connectivity index (χ3n) is 3.28. The minimum Gasteiger partial charge on any atom is -0.495 e. The summed E-state index contributed by atoms with van der Waals surface area (Å²) in [4.78, 5) is 4.34. The molecule has 1 heterocycles. The predicted molar refractivity (Wildman–Crippen MR) is 95.6 cm³/mol. The van der Waals surface area contributed by atoms with Crippen molar-refractivity contribution >= 4 is 34.7 Å². The Balaban J connectivity index is 1.85. The highest BCUT2D eigenvalue weighted by atomic mass is 35.5. The number of benzene rings is 2. The van der Waals surface area contributed by atoms with Gasteiger partial charge in [-0.25, -0.2) is 0 Å². The Morgan fingerprint density at radius 3 is 2.76 bits per heavy atom. The van der Waals surface area contributed by atoms with Crippen molar-refractivity contribution in [3.05, 3.63) is 59.2 Å². The van der Waals surface area contributed by atoms with Crippen molar-refractivity contribution in [3.8, 4) is 11.8 Å². The van der Waals surface area contributed by atoms with Gasteiger partial charge < -0.3 is 15.4 Å². The van der Waals surface area contributed by atoms with Gasteiger partial charge in [0, 0.05) is 5.02 Å². The van der Waals surface area contributed by atoms with Crippen LogP contribution in [0.25, 0.3) is 0 Å². The van der Waals surface area contributed by atoms with Crippen LogP contribution in [-0.4, -0.2) is 22.3 Å². The number of nitriles is 1. The number of hydrogen-bond acceptors (Lipinski definition) is 7. The van der Waals surface area contributed by atoms with E-state index in [-0.39, 0.29) is 5.95 Å². The molecule has 0 aliphatic carbocycles. The van der Waals surface area contributed by atoms with Gasteiger partial charge in [-0.2, -0.15) is 15.3 Å². The molecule has 0 atom stereocenters. The lowest BCUT2D eigenvalue weighted by molar-refractivity contribution is 0.417.